The van der Waals surface area contributed by atoms with Crippen molar-refractivity contribution in [3.63, 3.8) is 0 Å². The molecule has 4 rings (SSSR count). The first kappa shape index (κ1) is 16.7. The number of aromatic nitrogens is 5. The number of nitrogens with zero attached hydrogens (tertiary/aromatic N) is 6. The molecular weight excluding hydrogens is 354 g/mol. The van der Waals surface area contributed by atoms with Crippen molar-refractivity contribution in [2.45, 2.75) is 19.8 Å². The third-order valence-electron chi connectivity index (χ3n) is 4.50. The van der Waals surface area contributed by atoms with E-state index in [-0.39, 0.29) is 11.8 Å². The molecule has 0 spiro atoms. The number of anilines is 2. The van der Waals surface area contributed by atoms with Gasteiger partial charge in [0.2, 0.25) is 5.91 Å². The summed E-state index contributed by atoms with van der Waals surface area (Å²) in [5.41, 5.74) is 0.714. The molecule has 1 aliphatic rings. The number of nitrogens with one attached hydrogen (secondary N) is 1. The molecule has 1 atom stereocenters. The van der Waals surface area contributed by atoms with Crippen LogP contribution in [0.1, 0.15) is 18.7 Å². The van der Waals surface area contributed by atoms with Gasteiger partial charge in [0, 0.05) is 19.3 Å². The van der Waals surface area contributed by atoms with Gasteiger partial charge in [-0.1, -0.05) is 11.6 Å². The molecule has 8 nitrogen and oxygen atoms in total. The van der Waals surface area contributed by atoms with Crippen LogP contribution in [0.15, 0.2) is 30.5 Å². The molecule has 1 fully saturated rings. The highest BCUT2D eigenvalue weighted by atomic mass is 35.5. The number of fused-ring (bicyclic) bond motifs is 1. The second-order valence-corrected chi connectivity index (χ2v) is 6.78. The first-order valence-corrected chi connectivity index (χ1v) is 8.84. The van der Waals surface area contributed by atoms with Crippen molar-refractivity contribution < 1.29 is 4.79 Å². The molecule has 1 aliphatic heterocycles. The van der Waals surface area contributed by atoms with Crippen LogP contribution in [0.5, 0.6) is 0 Å². The molecule has 3 aromatic heterocycles. The number of carbonyl (C=O) groups excluding carboxylic acids is 1. The van der Waals surface area contributed by atoms with Crippen LogP contribution in [0.4, 0.5) is 11.6 Å². The Morgan fingerprint density at radius 3 is 2.96 bits per heavy atom. The first-order chi connectivity index (χ1) is 12.6. The van der Waals surface area contributed by atoms with Crippen molar-refractivity contribution in [1.82, 2.24) is 24.8 Å². The molecule has 0 radical (unpaired) electrons. The molecule has 3 aromatic rings. The lowest BCUT2D eigenvalue weighted by molar-refractivity contribution is -0.120. The Morgan fingerprint density at radius 1 is 1.27 bits per heavy atom. The van der Waals surface area contributed by atoms with Crippen LogP contribution in [0.3, 0.4) is 0 Å². The van der Waals surface area contributed by atoms with Gasteiger partial charge in [-0.15, -0.1) is 15.3 Å². The third-order valence-corrected chi connectivity index (χ3v) is 4.72. The van der Waals surface area contributed by atoms with E-state index in [1.54, 1.807) is 16.6 Å². The Kier molecular flexibility index (Phi) is 4.42. The van der Waals surface area contributed by atoms with Gasteiger partial charge in [-0.25, -0.2) is 4.98 Å². The van der Waals surface area contributed by atoms with E-state index in [0.717, 1.165) is 31.0 Å². The van der Waals surface area contributed by atoms with Crippen molar-refractivity contribution in [3.05, 3.63) is 41.3 Å². The van der Waals surface area contributed by atoms with E-state index in [0.29, 0.717) is 23.0 Å². The largest absolute Gasteiger partial charge is 0.354 e. The van der Waals surface area contributed by atoms with Crippen LogP contribution in [0.2, 0.25) is 5.02 Å². The highest BCUT2D eigenvalue weighted by Gasteiger charge is 2.27. The number of hydrogen-bond donors (Lipinski definition) is 1. The quantitative estimate of drug-likeness (QED) is 0.760. The van der Waals surface area contributed by atoms with Crippen LogP contribution < -0.4 is 10.2 Å². The fourth-order valence-corrected chi connectivity index (χ4v) is 3.24. The predicted octanol–water partition coefficient (Wildman–Crippen LogP) is 2.34. The highest BCUT2D eigenvalue weighted by Crippen LogP contribution is 2.23. The maximum atomic E-state index is 12.6. The van der Waals surface area contributed by atoms with Gasteiger partial charge in [0.1, 0.15) is 11.6 Å². The van der Waals surface area contributed by atoms with Crippen molar-refractivity contribution in [2.75, 3.05) is 23.3 Å². The zero-order chi connectivity index (χ0) is 18.1. The first-order valence-electron chi connectivity index (χ1n) is 8.46. The number of hydrogen-bond acceptors (Lipinski definition) is 6. The average Bonchev–Trinajstić information content (AvgIpc) is 3.04. The van der Waals surface area contributed by atoms with Gasteiger partial charge in [0.05, 0.1) is 10.9 Å². The highest BCUT2D eigenvalue weighted by molar-refractivity contribution is 6.30. The average molecular weight is 372 g/mol. The lowest BCUT2D eigenvalue weighted by Gasteiger charge is -2.32. The lowest BCUT2D eigenvalue weighted by atomic mass is 9.97. The number of pyridine rings is 1. The van der Waals surface area contributed by atoms with Crippen molar-refractivity contribution in [2.24, 2.45) is 5.92 Å². The number of piperidine rings is 1. The summed E-state index contributed by atoms with van der Waals surface area (Å²) in [7, 11) is 0. The number of amides is 1. The van der Waals surface area contributed by atoms with E-state index >= 15 is 0 Å². The van der Waals surface area contributed by atoms with Gasteiger partial charge in [0.15, 0.2) is 11.5 Å². The van der Waals surface area contributed by atoms with Crippen LogP contribution in [0.25, 0.3) is 5.65 Å². The molecule has 1 amide bonds. The summed E-state index contributed by atoms with van der Waals surface area (Å²) in [6.45, 7) is 3.34. The van der Waals surface area contributed by atoms with Crippen molar-refractivity contribution >= 4 is 34.8 Å². The van der Waals surface area contributed by atoms with Crippen LogP contribution >= 0.6 is 11.6 Å². The van der Waals surface area contributed by atoms with Crippen LogP contribution in [-0.4, -0.2) is 43.8 Å². The Bertz CT molecular complexity index is 940. The normalized spacial score (nSPS) is 17.5. The van der Waals surface area contributed by atoms with Gasteiger partial charge in [-0.3, -0.25) is 4.79 Å². The molecule has 0 saturated carbocycles. The van der Waals surface area contributed by atoms with Gasteiger partial charge in [-0.2, -0.15) is 4.52 Å². The standard InChI is InChI=1S/C17H18ClN7O/c1-11-21-22-15-6-7-16(23-25(11)15)24-8-2-3-12(10-24)17(26)20-14-5-4-13(18)9-19-14/h4-7,9,12H,2-3,8,10H2,1H3,(H,19,20,26). The fraction of sp³-hybridized carbons (Fsp3) is 0.353. The van der Waals surface area contributed by atoms with E-state index in [4.69, 9.17) is 11.6 Å². The Labute approximate surface area is 155 Å². The Morgan fingerprint density at radius 2 is 2.15 bits per heavy atom. The third kappa shape index (κ3) is 3.32. The number of rotatable bonds is 3. The SMILES string of the molecule is Cc1nnc2ccc(N3CCCC(C(=O)Nc4ccc(Cl)cn4)C3)nn12. The smallest absolute Gasteiger partial charge is 0.230 e. The van der Waals surface area contributed by atoms with Crippen LogP contribution in [0, 0.1) is 12.8 Å². The summed E-state index contributed by atoms with van der Waals surface area (Å²) in [6, 6.07) is 7.22. The maximum absolute atomic E-state index is 12.6. The summed E-state index contributed by atoms with van der Waals surface area (Å²) >= 11 is 5.83. The van der Waals surface area contributed by atoms with Gasteiger partial charge >= 0.3 is 0 Å². The summed E-state index contributed by atoms with van der Waals surface area (Å²) in [5.74, 6) is 1.91. The Hall–Kier alpha value is -2.74. The molecule has 1 saturated heterocycles. The van der Waals surface area contributed by atoms with Gasteiger partial charge in [0.25, 0.3) is 0 Å². The summed E-state index contributed by atoms with van der Waals surface area (Å²) in [4.78, 5) is 18.8. The maximum Gasteiger partial charge on any atom is 0.230 e. The number of halogens is 1. The summed E-state index contributed by atoms with van der Waals surface area (Å²) in [6.07, 6.45) is 3.28. The monoisotopic (exact) mass is 371 g/mol. The second-order valence-electron chi connectivity index (χ2n) is 6.34. The van der Waals surface area contributed by atoms with Gasteiger partial charge in [-0.05, 0) is 44.0 Å². The lowest BCUT2D eigenvalue weighted by Crippen LogP contribution is -2.41. The fourth-order valence-electron chi connectivity index (χ4n) is 3.13. The molecular formula is C17H18ClN7O. The Balaban J connectivity index is 1.48. The van der Waals surface area contributed by atoms with Crippen LogP contribution in [-0.2, 0) is 4.79 Å². The molecule has 0 bridgehead atoms. The topological polar surface area (TPSA) is 88.3 Å². The zero-order valence-electron chi connectivity index (χ0n) is 14.3. The minimum Gasteiger partial charge on any atom is -0.354 e. The molecule has 1 N–H and O–H groups in total. The summed E-state index contributed by atoms with van der Waals surface area (Å²) in [5, 5.41) is 16.1. The molecule has 9 heteroatoms. The molecule has 0 aromatic carbocycles. The number of carbonyl (C=O) groups is 1. The number of aryl methyl sites for hydroxylation is 1. The van der Waals surface area contributed by atoms with Gasteiger partial charge < -0.3 is 10.2 Å². The summed E-state index contributed by atoms with van der Waals surface area (Å²) < 4.78 is 1.72. The van der Waals surface area contributed by atoms with E-state index in [1.165, 1.54) is 6.20 Å². The van der Waals surface area contributed by atoms with Crippen molar-refractivity contribution in [3.8, 4) is 0 Å². The molecule has 26 heavy (non-hydrogen) atoms. The molecule has 4 heterocycles. The molecule has 0 aliphatic carbocycles. The van der Waals surface area contributed by atoms with E-state index in [2.05, 4.69) is 30.5 Å². The molecule has 134 valence electrons. The molecule has 1 unspecified atom stereocenters. The van der Waals surface area contributed by atoms with E-state index in [1.807, 2.05) is 19.1 Å². The van der Waals surface area contributed by atoms with Crippen molar-refractivity contribution in [1.29, 1.82) is 0 Å². The minimum absolute atomic E-state index is 0.0360. The zero-order valence-corrected chi connectivity index (χ0v) is 15.0. The minimum atomic E-state index is -0.124. The van der Waals surface area contributed by atoms with E-state index in [9.17, 15) is 4.79 Å². The van der Waals surface area contributed by atoms with E-state index < -0.39 is 0 Å². The second kappa shape index (κ2) is 6.87. The predicted molar refractivity (Wildman–Crippen MR) is 98.3 cm³/mol.